The van der Waals surface area contributed by atoms with Gasteiger partial charge in [-0.25, -0.2) is 0 Å². The van der Waals surface area contributed by atoms with Crippen LogP contribution in [-0.2, 0) is 17.6 Å². The third-order valence-corrected chi connectivity index (χ3v) is 3.05. The molecule has 0 unspecified atom stereocenters. The normalized spacial score (nSPS) is 11.8. The molecule has 0 aliphatic carbocycles. The molecule has 1 atom stereocenters. The molecule has 18 heavy (non-hydrogen) atoms. The first kappa shape index (κ1) is 14.4. The molecule has 0 amide bonds. The quantitative estimate of drug-likeness (QED) is 0.750. The van der Waals surface area contributed by atoms with Gasteiger partial charge in [0.15, 0.2) is 0 Å². The van der Waals surface area contributed by atoms with Gasteiger partial charge in [0.2, 0.25) is 0 Å². The summed E-state index contributed by atoms with van der Waals surface area (Å²) in [6.45, 7) is 2.69. The molecule has 0 aliphatic heterocycles. The third-order valence-electron chi connectivity index (χ3n) is 3.05. The molecular weight excluding hydrogens is 224 g/mol. The fourth-order valence-electron chi connectivity index (χ4n) is 1.90. The zero-order valence-corrected chi connectivity index (χ0v) is 11.1. The first-order chi connectivity index (χ1) is 8.71. The fraction of sp³-hybridized carbons (Fsp3) is 0.467. The number of hydrogen-bond acceptors (Lipinski definition) is 3. The van der Waals surface area contributed by atoms with E-state index in [2.05, 4.69) is 13.0 Å². The van der Waals surface area contributed by atoms with Crippen LogP contribution in [0.25, 0.3) is 0 Å². The second-order valence-electron chi connectivity index (χ2n) is 4.41. The third kappa shape index (κ3) is 4.31. The maximum Gasteiger partial charge on any atom is 0.0669 e. The number of nitrogens with zero attached hydrogens (tertiary/aromatic N) is 1. The van der Waals surface area contributed by atoms with Gasteiger partial charge in [-0.15, -0.1) is 0 Å². The van der Waals surface area contributed by atoms with Crippen molar-refractivity contribution in [3.05, 3.63) is 35.4 Å². The van der Waals surface area contributed by atoms with E-state index in [-0.39, 0.29) is 5.92 Å². The van der Waals surface area contributed by atoms with Crippen LogP contribution in [0.15, 0.2) is 24.3 Å². The van der Waals surface area contributed by atoms with Crippen LogP contribution in [0.5, 0.6) is 0 Å². The summed E-state index contributed by atoms with van der Waals surface area (Å²) < 4.78 is 5.13. The maximum absolute atomic E-state index is 8.60. The standard InChI is InChI=1S/C15H20N2O/c1-3-14(11-18-2)15(17)10-13-6-4-12(5-7-13)8-9-16/h4-7,14,17H,3,8,10-11H2,1-2H3/t14-/m1/s1. The predicted octanol–water partition coefficient (Wildman–Crippen LogP) is 2.99. The summed E-state index contributed by atoms with van der Waals surface area (Å²) in [7, 11) is 1.67. The summed E-state index contributed by atoms with van der Waals surface area (Å²) in [5.41, 5.74) is 2.86. The number of methoxy groups -OCH3 is 1. The summed E-state index contributed by atoms with van der Waals surface area (Å²) in [5, 5.41) is 16.7. The molecule has 0 radical (unpaired) electrons. The van der Waals surface area contributed by atoms with Crippen molar-refractivity contribution in [2.75, 3.05) is 13.7 Å². The first-order valence-electron chi connectivity index (χ1n) is 6.22. The average molecular weight is 244 g/mol. The van der Waals surface area contributed by atoms with Crippen LogP contribution in [-0.4, -0.2) is 19.4 Å². The number of ether oxygens (including phenoxy) is 1. The van der Waals surface area contributed by atoms with Crippen LogP contribution in [0.4, 0.5) is 0 Å². The van der Waals surface area contributed by atoms with Gasteiger partial charge in [-0.1, -0.05) is 31.2 Å². The minimum Gasteiger partial charge on any atom is -0.384 e. The molecule has 1 aromatic carbocycles. The Morgan fingerprint density at radius 1 is 1.33 bits per heavy atom. The Kier molecular flexibility index (Phi) is 6.10. The van der Waals surface area contributed by atoms with Crippen LogP contribution in [0, 0.1) is 22.7 Å². The van der Waals surface area contributed by atoms with E-state index in [1.807, 2.05) is 24.3 Å². The first-order valence-corrected chi connectivity index (χ1v) is 6.22. The number of nitriles is 1. The Balaban J connectivity index is 2.61. The zero-order valence-electron chi connectivity index (χ0n) is 11.1. The van der Waals surface area contributed by atoms with Crippen LogP contribution >= 0.6 is 0 Å². The largest absolute Gasteiger partial charge is 0.384 e. The molecule has 96 valence electrons. The second kappa shape index (κ2) is 7.62. The van der Waals surface area contributed by atoms with Gasteiger partial charge in [-0.05, 0) is 17.5 Å². The van der Waals surface area contributed by atoms with Crippen molar-refractivity contribution in [2.45, 2.75) is 26.2 Å². The van der Waals surface area contributed by atoms with Gasteiger partial charge >= 0.3 is 0 Å². The van der Waals surface area contributed by atoms with Crippen LogP contribution < -0.4 is 0 Å². The fourth-order valence-corrected chi connectivity index (χ4v) is 1.90. The Bertz CT molecular complexity index is 417. The van der Waals surface area contributed by atoms with Gasteiger partial charge in [-0.2, -0.15) is 5.26 Å². The number of benzene rings is 1. The summed E-state index contributed by atoms with van der Waals surface area (Å²) >= 11 is 0. The lowest BCUT2D eigenvalue weighted by Gasteiger charge is -2.15. The Labute approximate surface area is 109 Å². The zero-order chi connectivity index (χ0) is 13.4. The minimum atomic E-state index is 0.203. The molecule has 0 saturated carbocycles. The van der Waals surface area contributed by atoms with Crippen molar-refractivity contribution in [3.8, 4) is 6.07 Å². The molecule has 0 saturated heterocycles. The highest BCUT2D eigenvalue weighted by Crippen LogP contribution is 2.12. The van der Waals surface area contributed by atoms with E-state index in [1.54, 1.807) is 7.11 Å². The molecule has 0 aliphatic rings. The molecular formula is C15H20N2O. The summed E-state index contributed by atoms with van der Waals surface area (Å²) in [5.74, 6) is 0.203. The van der Waals surface area contributed by atoms with Crippen molar-refractivity contribution in [1.82, 2.24) is 0 Å². The summed E-state index contributed by atoms with van der Waals surface area (Å²) in [6.07, 6.45) is 2.03. The molecule has 0 spiro atoms. The van der Waals surface area contributed by atoms with E-state index in [0.717, 1.165) is 17.5 Å². The van der Waals surface area contributed by atoms with E-state index < -0.39 is 0 Å². The van der Waals surface area contributed by atoms with Crippen molar-refractivity contribution in [3.63, 3.8) is 0 Å². The molecule has 0 fully saturated rings. The van der Waals surface area contributed by atoms with Crippen LogP contribution in [0.3, 0.4) is 0 Å². The molecule has 1 N–H and O–H groups in total. The molecule has 3 heteroatoms. The molecule has 0 aromatic heterocycles. The van der Waals surface area contributed by atoms with Crippen molar-refractivity contribution < 1.29 is 4.74 Å². The molecule has 1 rings (SSSR count). The molecule has 3 nitrogen and oxygen atoms in total. The van der Waals surface area contributed by atoms with Crippen molar-refractivity contribution >= 4 is 5.71 Å². The highest BCUT2D eigenvalue weighted by molar-refractivity contribution is 5.86. The van der Waals surface area contributed by atoms with Gasteiger partial charge < -0.3 is 10.1 Å². The Morgan fingerprint density at radius 2 is 1.94 bits per heavy atom. The van der Waals surface area contributed by atoms with E-state index in [1.165, 1.54) is 0 Å². The average Bonchev–Trinajstić information content (AvgIpc) is 2.38. The number of hydrogen-bond donors (Lipinski definition) is 1. The highest BCUT2D eigenvalue weighted by Gasteiger charge is 2.12. The SMILES string of the molecule is CC[C@H](COC)C(=N)Cc1ccc(CC#N)cc1. The molecule has 0 bridgehead atoms. The van der Waals surface area contributed by atoms with E-state index in [4.69, 9.17) is 15.4 Å². The maximum atomic E-state index is 8.60. The smallest absolute Gasteiger partial charge is 0.0669 e. The van der Waals surface area contributed by atoms with Crippen LogP contribution in [0.1, 0.15) is 24.5 Å². The second-order valence-corrected chi connectivity index (χ2v) is 4.41. The lowest BCUT2D eigenvalue weighted by Crippen LogP contribution is -2.20. The van der Waals surface area contributed by atoms with E-state index in [9.17, 15) is 0 Å². The highest BCUT2D eigenvalue weighted by atomic mass is 16.5. The van der Waals surface area contributed by atoms with E-state index >= 15 is 0 Å². The van der Waals surface area contributed by atoms with Crippen molar-refractivity contribution in [1.29, 1.82) is 10.7 Å². The summed E-state index contributed by atoms with van der Waals surface area (Å²) in [6, 6.07) is 10.1. The van der Waals surface area contributed by atoms with Gasteiger partial charge in [0.1, 0.15) is 0 Å². The monoisotopic (exact) mass is 244 g/mol. The number of nitrogens with one attached hydrogen (secondary N) is 1. The van der Waals surface area contributed by atoms with Gasteiger partial charge in [0.05, 0.1) is 19.1 Å². The van der Waals surface area contributed by atoms with Gasteiger partial charge in [0, 0.05) is 25.2 Å². The van der Waals surface area contributed by atoms with Gasteiger partial charge in [-0.3, -0.25) is 0 Å². The van der Waals surface area contributed by atoms with Gasteiger partial charge in [0.25, 0.3) is 0 Å². The van der Waals surface area contributed by atoms with Crippen LogP contribution in [0.2, 0.25) is 0 Å². The topological polar surface area (TPSA) is 56.9 Å². The van der Waals surface area contributed by atoms with E-state index in [0.29, 0.717) is 25.2 Å². The Morgan fingerprint density at radius 3 is 2.44 bits per heavy atom. The Hall–Kier alpha value is -1.66. The number of rotatable bonds is 7. The molecule has 1 aromatic rings. The molecule has 0 heterocycles. The summed E-state index contributed by atoms with van der Waals surface area (Å²) in [4.78, 5) is 0. The van der Waals surface area contributed by atoms with Crippen molar-refractivity contribution in [2.24, 2.45) is 5.92 Å². The predicted molar refractivity (Wildman–Crippen MR) is 72.8 cm³/mol. The lowest BCUT2D eigenvalue weighted by molar-refractivity contribution is 0.173. The lowest BCUT2D eigenvalue weighted by atomic mass is 9.95. The minimum absolute atomic E-state index is 0.203.